The number of hydrogen-bond donors (Lipinski definition) is 9. The van der Waals surface area contributed by atoms with Crippen LogP contribution in [0.4, 0.5) is 11.6 Å². The average molecular weight is 652 g/mol. The molecular formula is C25H33N9O10S. The number of nitrogen functional groups attached to an aromatic ring is 1. The van der Waals surface area contributed by atoms with Crippen molar-refractivity contribution in [2.75, 3.05) is 23.6 Å². The average Bonchev–Trinajstić information content (AvgIpc) is 2.97. The Morgan fingerprint density at radius 2 is 1.67 bits per heavy atom. The van der Waals surface area contributed by atoms with Crippen molar-refractivity contribution >= 4 is 63.6 Å². The summed E-state index contributed by atoms with van der Waals surface area (Å²) in [6, 6.07) is 4.86. The zero-order valence-corrected chi connectivity index (χ0v) is 24.9. The number of hydrogen-bond acceptors (Lipinski definition) is 13. The van der Waals surface area contributed by atoms with Gasteiger partial charge in [-0.3, -0.25) is 34.2 Å². The lowest BCUT2D eigenvalue weighted by Gasteiger charge is -2.14. The number of nitrogens with zero attached hydrogens (tertiary/aromatic N) is 3. The van der Waals surface area contributed by atoms with Gasteiger partial charge in [0.15, 0.2) is 11.2 Å². The highest BCUT2D eigenvalue weighted by Gasteiger charge is 2.21. The minimum Gasteiger partial charge on any atom is -0.617 e. The first-order valence-corrected chi connectivity index (χ1v) is 14.7. The minimum atomic E-state index is -1.31. The molecule has 0 bridgehead atoms. The van der Waals surface area contributed by atoms with Gasteiger partial charge in [-0.1, -0.05) is 11.2 Å². The minimum absolute atomic E-state index is 0.0353. The molecule has 244 valence electrons. The van der Waals surface area contributed by atoms with Gasteiger partial charge in [0.1, 0.15) is 6.04 Å². The van der Waals surface area contributed by atoms with E-state index in [2.05, 4.69) is 30.6 Å². The number of amides is 3. The number of aromatic amines is 1. The molecule has 3 amide bonds. The van der Waals surface area contributed by atoms with Gasteiger partial charge in [0, 0.05) is 30.5 Å². The Morgan fingerprint density at radius 1 is 1.04 bits per heavy atom. The van der Waals surface area contributed by atoms with E-state index < -0.39 is 52.4 Å². The van der Waals surface area contributed by atoms with Gasteiger partial charge in [0.25, 0.3) is 11.5 Å². The van der Waals surface area contributed by atoms with E-state index in [4.69, 9.17) is 26.9 Å². The van der Waals surface area contributed by atoms with E-state index in [-0.39, 0.29) is 54.9 Å². The number of H-pyrrole nitrogens is 1. The summed E-state index contributed by atoms with van der Waals surface area (Å²) in [7, 11) is 0. The summed E-state index contributed by atoms with van der Waals surface area (Å²) in [5, 5.41) is 31.1. The van der Waals surface area contributed by atoms with Gasteiger partial charge < -0.3 is 36.9 Å². The Bertz CT molecular complexity index is 1530. The molecule has 1 unspecified atom stereocenters. The third-order valence-electron chi connectivity index (χ3n) is 5.08. The lowest BCUT2D eigenvalue weighted by Crippen LogP contribution is -2.41. The second-order valence-electron chi connectivity index (χ2n) is 8.96. The summed E-state index contributed by atoms with van der Waals surface area (Å²) in [4.78, 5) is 80.7. The van der Waals surface area contributed by atoms with Crippen molar-refractivity contribution < 1.29 is 43.9 Å². The second-order valence-corrected chi connectivity index (χ2v) is 10.4. The molecule has 2 aromatic heterocycles. The van der Waals surface area contributed by atoms with Crippen LogP contribution in [0.15, 0.2) is 35.3 Å². The first kappa shape index (κ1) is 37.7. The third-order valence-corrected chi connectivity index (χ3v) is 5.08. The smallest absolute Gasteiger partial charge is 0.326 e. The molecule has 0 radical (unpaired) electrons. The van der Waals surface area contributed by atoms with E-state index in [1.807, 2.05) is 0 Å². The van der Waals surface area contributed by atoms with Crippen LogP contribution in [0.5, 0.6) is 0 Å². The van der Waals surface area contributed by atoms with Crippen LogP contribution in [-0.4, -0.2) is 88.1 Å². The SMILES string of the molecule is C[S+](C)[O-].NC(=O)CCC(=O)NO.Nc1nc2ncc(CNc3ccc(C(=O)NC(CCC(=O)O)C(=O)O)cc3)nc2c(=O)[nH]1. The number of nitrogens with one attached hydrogen (secondary N) is 4. The number of fused-ring (bicyclic) bond motifs is 1. The molecule has 0 fully saturated rings. The Kier molecular flexibility index (Phi) is 15.9. The highest BCUT2D eigenvalue weighted by atomic mass is 32.2. The molecule has 1 atom stereocenters. The lowest BCUT2D eigenvalue weighted by atomic mass is 10.1. The second kappa shape index (κ2) is 19.0. The quantitative estimate of drug-likeness (QED) is 0.0624. The number of carboxylic acids is 2. The number of carbonyl (C=O) groups excluding carboxylic acids is 3. The third kappa shape index (κ3) is 15.1. The summed E-state index contributed by atoms with van der Waals surface area (Å²) in [5.74, 6) is -4.32. The Balaban J connectivity index is 0.000000655. The van der Waals surface area contributed by atoms with Crippen LogP contribution in [-0.2, 0) is 36.9 Å². The molecule has 0 aliphatic heterocycles. The van der Waals surface area contributed by atoms with E-state index >= 15 is 0 Å². The number of primary amides is 1. The van der Waals surface area contributed by atoms with Crippen molar-refractivity contribution in [2.45, 2.75) is 38.3 Å². The lowest BCUT2D eigenvalue weighted by molar-refractivity contribution is -0.140. The maximum absolute atomic E-state index is 12.3. The highest BCUT2D eigenvalue weighted by molar-refractivity contribution is 7.89. The fraction of sp³-hybridized carbons (Fsp3) is 0.320. The number of aliphatic carboxylic acids is 2. The molecule has 0 aliphatic rings. The predicted octanol–water partition coefficient (Wildman–Crippen LogP) is -1.29. The van der Waals surface area contributed by atoms with Crippen molar-refractivity contribution in [3.05, 3.63) is 52.1 Å². The Hall–Kier alpha value is -5.34. The van der Waals surface area contributed by atoms with E-state index in [1.54, 1.807) is 24.6 Å². The van der Waals surface area contributed by atoms with Crippen molar-refractivity contribution in [2.24, 2.45) is 5.73 Å². The number of carboxylic acid groups (broad SMARTS) is 2. The van der Waals surface area contributed by atoms with E-state index in [9.17, 15) is 33.3 Å². The van der Waals surface area contributed by atoms with Crippen LogP contribution >= 0.6 is 0 Å². The standard InChI is InChI=1S/C19H19N7O6.C4H8N2O3.C2H6OS/c20-19-25-15-14(17(30)26-19)23-11(8-22-15)7-21-10-3-1-9(2-4-10)16(29)24-12(18(31)32)5-6-13(27)28;5-3(7)1-2-4(8)6-9;1-4(2)3/h1-4,8,12,21H,5-7H2,(H,24,29)(H,27,28)(H,31,32)(H3,20,22,25,26,30);9H,1-2H2,(H2,5,7)(H,6,8);1-2H3. The van der Waals surface area contributed by atoms with Gasteiger partial charge >= 0.3 is 11.9 Å². The molecule has 1 aromatic carbocycles. The van der Waals surface area contributed by atoms with Crippen LogP contribution < -0.4 is 33.1 Å². The monoisotopic (exact) mass is 651 g/mol. The van der Waals surface area contributed by atoms with Crippen molar-refractivity contribution in [3.63, 3.8) is 0 Å². The van der Waals surface area contributed by atoms with Crippen molar-refractivity contribution in [3.8, 4) is 0 Å². The van der Waals surface area contributed by atoms with Gasteiger partial charge in [-0.25, -0.2) is 20.2 Å². The largest absolute Gasteiger partial charge is 0.617 e. The molecule has 20 heteroatoms. The molecule has 45 heavy (non-hydrogen) atoms. The van der Waals surface area contributed by atoms with E-state index in [0.717, 1.165) is 0 Å². The number of carbonyl (C=O) groups is 5. The summed E-state index contributed by atoms with van der Waals surface area (Å²) >= 11 is -0.611. The van der Waals surface area contributed by atoms with E-state index in [1.165, 1.54) is 23.8 Å². The normalized spacial score (nSPS) is 10.8. The first-order chi connectivity index (χ1) is 21.1. The number of nitrogens with two attached hydrogens (primary N) is 2. The molecule has 0 saturated carbocycles. The van der Waals surface area contributed by atoms with Gasteiger partial charge in [-0.2, -0.15) is 4.98 Å². The molecule has 11 N–H and O–H groups in total. The zero-order chi connectivity index (χ0) is 34.1. The fourth-order valence-corrected chi connectivity index (χ4v) is 3.05. The van der Waals surface area contributed by atoms with Crippen molar-refractivity contribution in [1.82, 2.24) is 30.7 Å². The van der Waals surface area contributed by atoms with Crippen LogP contribution in [0, 0.1) is 0 Å². The number of aromatic nitrogens is 4. The summed E-state index contributed by atoms with van der Waals surface area (Å²) in [6.45, 7) is 0.231. The summed E-state index contributed by atoms with van der Waals surface area (Å²) in [5.41, 5.74) is 12.5. The number of anilines is 2. The van der Waals surface area contributed by atoms with Gasteiger partial charge in [0.2, 0.25) is 17.8 Å². The molecule has 0 spiro atoms. The maximum atomic E-state index is 12.3. The fourth-order valence-electron chi connectivity index (χ4n) is 3.05. The summed E-state index contributed by atoms with van der Waals surface area (Å²) < 4.78 is 9.56. The highest BCUT2D eigenvalue weighted by Crippen LogP contribution is 2.12. The predicted molar refractivity (Wildman–Crippen MR) is 160 cm³/mol. The molecule has 0 aliphatic carbocycles. The number of hydroxylamine groups is 1. The van der Waals surface area contributed by atoms with E-state index in [0.29, 0.717) is 11.4 Å². The number of rotatable bonds is 12. The molecule has 0 saturated heterocycles. The van der Waals surface area contributed by atoms with Gasteiger partial charge in [-0.05, 0) is 30.7 Å². The molecule has 19 nitrogen and oxygen atoms in total. The Labute approximate surface area is 258 Å². The van der Waals surface area contributed by atoms with Crippen molar-refractivity contribution in [1.29, 1.82) is 0 Å². The first-order valence-electron chi connectivity index (χ1n) is 12.7. The topological polar surface area (TPSA) is 329 Å². The zero-order valence-electron chi connectivity index (χ0n) is 24.1. The molecule has 3 aromatic rings. The summed E-state index contributed by atoms with van der Waals surface area (Å²) in [6.07, 6.45) is 4.02. The van der Waals surface area contributed by atoms with Crippen LogP contribution in [0.1, 0.15) is 41.7 Å². The maximum Gasteiger partial charge on any atom is 0.326 e. The number of benzene rings is 1. The van der Waals surface area contributed by atoms with Crippen LogP contribution in [0.3, 0.4) is 0 Å². The van der Waals surface area contributed by atoms with Gasteiger partial charge in [0.05, 0.1) is 30.9 Å². The molecule has 2 heterocycles. The Morgan fingerprint density at radius 3 is 2.20 bits per heavy atom. The molecule has 3 rings (SSSR count). The molecular weight excluding hydrogens is 618 g/mol. The van der Waals surface area contributed by atoms with Crippen LogP contribution in [0.25, 0.3) is 11.2 Å². The van der Waals surface area contributed by atoms with Gasteiger partial charge in [-0.15, -0.1) is 0 Å². The van der Waals surface area contributed by atoms with Crippen LogP contribution in [0.2, 0.25) is 0 Å².